The first-order valence-corrected chi connectivity index (χ1v) is 6.84. The topological polar surface area (TPSA) is 39.5 Å². The van der Waals surface area contributed by atoms with Crippen LogP contribution in [0.5, 0.6) is 11.5 Å². The molecule has 5 nitrogen and oxygen atoms in total. The first kappa shape index (κ1) is 13.0. The van der Waals surface area contributed by atoms with Gasteiger partial charge in [0, 0.05) is 38.1 Å². The SMILES string of the molecule is COc1cccc(OC2CN(CCn3cccn3)C2)c1. The number of hydrogen-bond acceptors (Lipinski definition) is 4. The van der Waals surface area contributed by atoms with Crippen molar-refractivity contribution in [2.75, 3.05) is 26.7 Å². The van der Waals surface area contributed by atoms with Gasteiger partial charge in [0.1, 0.15) is 17.6 Å². The van der Waals surface area contributed by atoms with Crippen molar-refractivity contribution in [3.8, 4) is 11.5 Å². The molecule has 1 fully saturated rings. The largest absolute Gasteiger partial charge is 0.497 e. The lowest BCUT2D eigenvalue weighted by Gasteiger charge is -2.38. The Hall–Kier alpha value is -2.01. The van der Waals surface area contributed by atoms with Crippen molar-refractivity contribution in [2.45, 2.75) is 12.6 Å². The van der Waals surface area contributed by atoms with Crippen molar-refractivity contribution >= 4 is 0 Å². The van der Waals surface area contributed by atoms with E-state index >= 15 is 0 Å². The van der Waals surface area contributed by atoms with Gasteiger partial charge in [-0.2, -0.15) is 5.10 Å². The molecule has 1 saturated heterocycles. The summed E-state index contributed by atoms with van der Waals surface area (Å²) in [6, 6.07) is 9.71. The maximum atomic E-state index is 5.92. The van der Waals surface area contributed by atoms with Crippen molar-refractivity contribution in [1.82, 2.24) is 14.7 Å². The highest BCUT2D eigenvalue weighted by molar-refractivity contribution is 5.33. The van der Waals surface area contributed by atoms with Crippen LogP contribution in [0.15, 0.2) is 42.7 Å². The Balaban J connectivity index is 1.41. The predicted molar refractivity (Wildman–Crippen MR) is 76.1 cm³/mol. The Morgan fingerprint density at radius 3 is 2.80 bits per heavy atom. The quantitative estimate of drug-likeness (QED) is 0.802. The van der Waals surface area contributed by atoms with Crippen LogP contribution in [0.25, 0.3) is 0 Å². The van der Waals surface area contributed by atoms with E-state index in [1.54, 1.807) is 7.11 Å². The first-order valence-electron chi connectivity index (χ1n) is 6.84. The van der Waals surface area contributed by atoms with Crippen LogP contribution >= 0.6 is 0 Å². The lowest BCUT2D eigenvalue weighted by Crippen LogP contribution is -2.54. The lowest BCUT2D eigenvalue weighted by molar-refractivity contribution is 0.0173. The van der Waals surface area contributed by atoms with Gasteiger partial charge in [0.25, 0.3) is 0 Å². The van der Waals surface area contributed by atoms with Crippen molar-refractivity contribution in [2.24, 2.45) is 0 Å². The Bertz CT molecular complexity index is 536. The number of nitrogens with zero attached hydrogens (tertiary/aromatic N) is 3. The summed E-state index contributed by atoms with van der Waals surface area (Å²) in [5.41, 5.74) is 0. The fourth-order valence-corrected chi connectivity index (χ4v) is 2.32. The Labute approximate surface area is 118 Å². The number of ether oxygens (including phenoxy) is 2. The van der Waals surface area contributed by atoms with E-state index in [-0.39, 0.29) is 6.10 Å². The monoisotopic (exact) mass is 273 g/mol. The number of benzene rings is 1. The standard InChI is InChI=1S/C15H19N3O2/c1-19-13-4-2-5-14(10-13)20-15-11-17(12-15)8-9-18-7-3-6-16-18/h2-7,10,15H,8-9,11-12H2,1H3. The number of likely N-dealkylation sites (tertiary alicyclic amines) is 1. The minimum absolute atomic E-state index is 0.278. The molecule has 0 bridgehead atoms. The molecule has 0 N–H and O–H groups in total. The van der Waals surface area contributed by atoms with Crippen LogP contribution in [-0.4, -0.2) is 47.5 Å². The fourth-order valence-electron chi connectivity index (χ4n) is 2.32. The molecule has 0 saturated carbocycles. The average Bonchev–Trinajstić information content (AvgIpc) is 2.94. The van der Waals surface area contributed by atoms with Gasteiger partial charge in [-0.05, 0) is 18.2 Å². The minimum Gasteiger partial charge on any atom is -0.497 e. The summed E-state index contributed by atoms with van der Waals surface area (Å²) >= 11 is 0. The molecule has 106 valence electrons. The van der Waals surface area contributed by atoms with E-state index in [0.29, 0.717) is 0 Å². The van der Waals surface area contributed by atoms with Crippen LogP contribution < -0.4 is 9.47 Å². The fraction of sp³-hybridized carbons (Fsp3) is 0.400. The van der Waals surface area contributed by atoms with Crippen molar-refractivity contribution in [1.29, 1.82) is 0 Å². The van der Waals surface area contributed by atoms with E-state index in [1.807, 2.05) is 47.4 Å². The summed E-state index contributed by atoms with van der Waals surface area (Å²) < 4.78 is 13.1. The maximum Gasteiger partial charge on any atom is 0.124 e. The molecule has 1 aromatic heterocycles. The van der Waals surface area contributed by atoms with Crippen LogP contribution in [0.2, 0.25) is 0 Å². The predicted octanol–water partition coefficient (Wildman–Crippen LogP) is 1.65. The molecule has 2 aromatic rings. The first-order chi connectivity index (χ1) is 9.83. The smallest absolute Gasteiger partial charge is 0.124 e. The molecule has 0 spiro atoms. The number of hydrogen-bond donors (Lipinski definition) is 0. The number of aromatic nitrogens is 2. The molecule has 1 aliphatic rings. The van der Waals surface area contributed by atoms with Crippen LogP contribution in [-0.2, 0) is 6.54 Å². The van der Waals surface area contributed by atoms with E-state index < -0.39 is 0 Å². The summed E-state index contributed by atoms with van der Waals surface area (Å²) in [6.07, 6.45) is 4.08. The molecule has 0 radical (unpaired) electrons. The zero-order chi connectivity index (χ0) is 13.8. The highest BCUT2D eigenvalue weighted by atomic mass is 16.5. The molecule has 5 heteroatoms. The van der Waals surface area contributed by atoms with Gasteiger partial charge < -0.3 is 9.47 Å². The van der Waals surface area contributed by atoms with Crippen LogP contribution in [0.4, 0.5) is 0 Å². The van der Waals surface area contributed by atoms with Crippen molar-refractivity contribution in [3.63, 3.8) is 0 Å². The van der Waals surface area contributed by atoms with Crippen LogP contribution in [0.1, 0.15) is 0 Å². The van der Waals surface area contributed by atoms with Crippen molar-refractivity contribution in [3.05, 3.63) is 42.7 Å². The number of rotatable bonds is 6. The Morgan fingerprint density at radius 1 is 1.20 bits per heavy atom. The third-order valence-electron chi connectivity index (χ3n) is 3.47. The third kappa shape index (κ3) is 3.11. The van der Waals surface area contributed by atoms with Gasteiger partial charge >= 0.3 is 0 Å². The van der Waals surface area contributed by atoms with Gasteiger partial charge in [0.2, 0.25) is 0 Å². The van der Waals surface area contributed by atoms with Crippen molar-refractivity contribution < 1.29 is 9.47 Å². The van der Waals surface area contributed by atoms with Gasteiger partial charge in [0.05, 0.1) is 13.7 Å². The third-order valence-corrected chi connectivity index (χ3v) is 3.47. The van der Waals surface area contributed by atoms with Gasteiger partial charge in [0.15, 0.2) is 0 Å². The average molecular weight is 273 g/mol. The molecular formula is C15H19N3O2. The van der Waals surface area contributed by atoms with E-state index in [0.717, 1.165) is 37.7 Å². The molecule has 1 aromatic carbocycles. The lowest BCUT2D eigenvalue weighted by atomic mass is 10.1. The van der Waals surface area contributed by atoms with Crippen LogP contribution in [0, 0.1) is 0 Å². The Kier molecular flexibility index (Phi) is 3.87. The Morgan fingerprint density at radius 2 is 2.05 bits per heavy atom. The van der Waals surface area contributed by atoms with Gasteiger partial charge in [-0.25, -0.2) is 0 Å². The zero-order valence-electron chi connectivity index (χ0n) is 11.6. The zero-order valence-corrected chi connectivity index (χ0v) is 11.6. The summed E-state index contributed by atoms with van der Waals surface area (Å²) in [6.45, 7) is 3.88. The second-order valence-electron chi connectivity index (χ2n) is 4.95. The molecule has 0 unspecified atom stereocenters. The molecular weight excluding hydrogens is 254 g/mol. The second-order valence-corrected chi connectivity index (χ2v) is 4.95. The summed E-state index contributed by atoms with van der Waals surface area (Å²) in [5, 5.41) is 4.20. The minimum atomic E-state index is 0.278. The van der Waals surface area contributed by atoms with E-state index in [4.69, 9.17) is 9.47 Å². The van der Waals surface area contributed by atoms with Gasteiger partial charge in [-0.3, -0.25) is 9.58 Å². The van der Waals surface area contributed by atoms with Gasteiger partial charge in [-0.1, -0.05) is 6.07 Å². The molecule has 20 heavy (non-hydrogen) atoms. The summed E-state index contributed by atoms with van der Waals surface area (Å²) in [7, 11) is 1.67. The van der Waals surface area contributed by atoms with E-state index in [1.165, 1.54) is 0 Å². The summed E-state index contributed by atoms with van der Waals surface area (Å²) in [5.74, 6) is 1.71. The molecule has 0 atom stereocenters. The molecule has 1 aliphatic heterocycles. The highest BCUT2D eigenvalue weighted by Crippen LogP contribution is 2.22. The molecule has 3 rings (SSSR count). The van der Waals surface area contributed by atoms with E-state index in [9.17, 15) is 0 Å². The number of methoxy groups -OCH3 is 1. The van der Waals surface area contributed by atoms with E-state index in [2.05, 4.69) is 10.00 Å². The van der Waals surface area contributed by atoms with Gasteiger partial charge in [-0.15, -0.1) is 0 Å². The second kappa shape index (κ2) is 5.96. The molecule has 0 aliphatic carbocycles. The molecule has 2 heterocycles. The highest BCUT2D eigenvalue weighted by Gasteiger charge is 2.27. The summed E-state index contributed by atoms with van der Waals surface area (Å²) in [4.78, 5) is 2.37. The molecule has 0 amide bonds. The maximum absolute atomic E-state index is 5.92. The van der Waals surface area contributed by atoms with Crippen LogP contribution in [0.3, 0.4) is 0 Å². The normalized spacial score (nSPS) is 15.8.